The molecule has 1 unspecified atom stereocenters. The number of amides is 1. The lowest BCUT2D eigenvalue weighted by Gasteiger charge is -2.22. The molecule has 0 radical (unpaired) electrons. The number of alkyl carbamates (subject to hydrolysis) is 1. The number of carbonyl (C=O) groups is 1. The van der Waals surface area contributed by atoms with E-state index in [0.717, 1.165) is 29.4 Å². The highest BCUT2D eigenvalue weighted by Gasteiger charge is 2.16. The van der Waals surface area contributed by atoms with Gasteiger partial charge >= 0.3 is 6.09 Å². The highest BCUT2D eigenvalue weighted by molar-refractivity contribution is 9.10. The summed E-state index contributed by atoms with van der Waals surface area (Å²) in [5.41, 5.74) is 1.93. The standard InChI is InChI=1S/C19H31BrN2O3/c1-6-14-12-15(20)9-10-17(14)22-16(13-24-5)8-7-11-21-18(23)25-19(2,3)4/h9-10,12,16,22H,6-8,11,13H2,1-5H3,(H,21,23). The van der Waals surface area contributed by atoms with Crippen molar-refractivity contribution in [3.05, 3.63) is 28.2 Å². The van der Waals surface area contributed by atoms with E-state index in [2.05, 4.69) is 45.6 Å². The zero-order valence-corrected chi connectivity index (χ0v) is 17.5. The average molecular weight is 415 g/mol. The second kappa shape index (κ2) is 10.7. The zero-order valence-electron chi connectivity index (χ0n) is 15.9. The maximum Gasteiger partial charge on any atom is 0.407 e. The quantitative estimate of drug-likeness (QED) is 0.572. The molecule has 5 nitrogen and oxygen atoms in total. The van der Waals surface area contributed by atoms with Gasteiger partial charge in [-0.25, -0.2) is 4.79 Å². The van der Waals surface area contributed by atoms with Crippen molar-refractivity contribution in [2.45, 2.75) is 58.6 Å². The van der Waals surface area contributed by atoms with Gasteiger partial charge < -0.3 is 20.1 Å². The molecule has 0 fully saturated rings. The molecule has 0 saturated carbocycles. The van der Waals surface area contributed by atoms with Crippen LogP contribution in [0.5, 0.6) is 0 Å². The first kappa shape index (κ1) is 21.8. The summed E-state index contributed by atoms with van der Waals surface area (Å²) in [7, 11) is 1.70. The van der Waals surface area contributed by atoms with Gasteiger partial charge in [0.25, 0.3) is 0 Å². The summed E-state index contributed by atoms with van der Waals surface area (Å²) < 4.78 is 11.7. The van der Waals surface area contributed by atoms with Crippen LogP contribution in [-0.2, 0) is 15.9 Å². The Labute approximate surface area is 160 Å². The van der Waals surface area contributed by atoms with E-state index in [1.807, 2.05) is 26.8 Å². The molecule has 1 atom stereocenters. The number of rotatable bonds is 9. The molecule has 0 aliphatic carbocycles. The first-order valence-corrected chi connectivity index (χ1v) is 9.55. The summed E-state index contributed by atoms with van der Waals surface area (Å²) in [4.78, 5) is 11.7. The van der Waals surface area contributed by atoms with Gasteiger partial charge in [0.05, 0.1) is 6.61 Å². The molecule has 0 spiro atoms. The summed E-state index contributed by atoms with van der Waals surface area (Å²) >= 11 is 3.51. The van der Waals surface area contributed by atoms with E-state index in [0.29, 0.717) is 13.2 Å². The lowest BCUT2D eigenvalue weighted by atomic mass is 10.1. The maximum atomic E-state index is 11.7. The summed E-state index contributed by atoms with van der Waals surface area (Å²) in [6.45, 7) is 8.91. The number of hydrogen-bond donors (Lipinski definition) is 2. The molecule has 2 N–H and O–H groups in total. The van der Waals surface area contributed by atoms with E-state index in [4.69, 9.17) is 9.47 Å². The topological polar surface area (TPSA) is 59.6 Å². The molecule has 0 heterocycles. The molecule has 0 aromatic heterocycles. The van der Waals surface area contributed by atoms with Gasteiger partial charge in [0, 0.05) is 29.9 Å². The highest BCUT2D eigenvalue weighted by atomic mass is 79.9. The van der Waals surface area contributed by atoms with E-state index < -0.39 is 5.60 Å². The molecule has 25 heavy (non-hydrogen) atoms. The van der Waals surface area contributed by atoms with Crippen molar-refractivity contribution in [2.24, 2.45) is 0 Å². The van der Waals surface area contributed by atoms with E-state index in [9.17, 15) is 4.79 Å². The van der Waals surface area contributed by atoms with Crippen molar-refractivity contribution < 1.29 is 14.3 Å². The smallest absolute Gasteiger partial charge is 0.407 e. The Kier molecular flexibility index (Phi) is 9.28. The Morgan fingerprint density at radius 1 is 1.32 bits per heavy atom. The van der Waals surface area contributed by atoms with Crippen molar-refractivity contribution in [2.75, 3.05) is 25.6 Å². The lowest BCUT2D eigenvalue weighted by Crippen LogP contribution is -2.34. The fraction of sp³-hybridized carbons (Fsp3) is 0.632. The number of benzene rings is 1. The number of carbonyl (C=O) groups excluding carboxylic acids is 1. The third kappa shape index (κ3) is 9.12. The Balaban J connectivity index is 2.48. The predicted octanol–water partition coefficient (Wildman–Crippen LogP) is 4.74. The average Bonchev–Trinajstić information content (AvgIpc) is 2.51. The van der Waals surface area contributed by atoms with Crippen molar-refractivity contribution in [3.63, 3.8) is 0 Å². The summed E-state index contributed by atoms with van der Waals surface area (Å²) in [5.74, 6) is 0. The second-order valence-corrected chi connectivity index (χ2v) is 7.94. The molecule has 1 amide bonds. The minimum Gasteiger partial charge on any atom is -0.444 e. The van der Waals surface area contributed by atoms with Gasteiger partial charge in [0.1, 0.15) is 5.60 Å². The SMILES string of the molecule is CCc1cc(Br)ccc1NC(CCCNC(=O)OC(C)(C)C)COC. The minimum atomic E-state index is -0.470. The predicted molar refractivity (Wildman–Crippen MR) is 106 cm³/mol. The molecule has 6 heteroatoms. The maximum absolute atomic E-state index is 11.7. The lowest BCUT2D eigenvalue weighted by molar-refractivity contribution is 0.0526. The minimum absolute atomic E-state index is 0.192. The largest absolute Gasteiger partial charge is 0.444 e. The Hall–Kier alpha value is -1.27. The number of aryl methyl sites for hydroxylation is 1. The molecule has 1 aromatic rings. The molecular weight excluding hydrogens is 384 g/mol. The molecule has 1 rings (SSSR count). The Morgan fingerprint density at radius 2 is 2.04 bits per heavy atom. The van der Waals surface area contributed by atoms with Crippen LogP contribution in [0, 0.1) is 0 Å². The number of anilines is 1. The van der Waals surface area contributed by atoms with Crippen LogP contribution in [0.15, 0.2) is 22.7 Å². The Morgan fingerprint density at radius 3 is 2.64 bits per heavy atom. The fourth-order valence-electron chi connectivity index (χ4n) is 2.47. The fourth-order valence-corrected chi connectivity index (χ4v) is 2.88. The molecule has 0 saturated heterocycles. The van der Waals surface area contributed by atoms with Crippen LogP contribution in [0.4, 0.5) is 10.5 Å². The third-order valence-corrected chi connectivity index (χ3v) is 4.07. The second-order valence-electron chi connectivity index (χ2n) is 7.02. The van der Waals surface area contributed by atoms with Crippen LogP contribution in [0.2, 0.25) is 0 Å². The number of methoxy groups -OCH3 is 1. The van der Waals surface area contributed by atoms with E-state index in [-0.39, 0.29) is 12.1 Å². The van der Waals surface area contributed by atoms with Gasteiger partial charge in [0.15, 0.2) is 0 Å². The summed E-state index contributed by atoms with van der Waals surface area (Å²) in [5, 5.41) is 6.36. The number of halogens is 1. The van der Waals surface area contributed by atoms with E-state index >= 15 is 0 Å². The molecule has 142 valence electrons. The molecular formula is C19H31BrN2O3. The molecule has 0 aliphatic heterocycles. The first-order chi connectivity index (χ1) is 11.7. The van der Waals surface area contributed by atoms with Crippen LogP contribution in [0.1, 0.15) is 46.1 Å². The van der Waals surface area contributed by atoms with Crippen LogP contribution in [0.3, 0.4) is 0 Å². The van der Waals surface area contributed by atoms with Gasteiger partial charge in [-0.3, -0.25) is 0 Å². The summed E-state index contributed by atoms with van der Waals surface area (Å²) in [6, 6.07) is 6.45. The van der Waals surface area contributed by atoms with Crippen LogP contribution < -0.4 is 10.6 Å². The normalized spacial score (nSPS) is 12.6. The number of nitrogens with one attached hydrogen (secondary N) is 2. The number of ether oxygens (including phenoxy) is 2. The Bertz CT molecular complexity index is 544. The van der Waals surface area contributed by atoms with Crippen molar-refractivity contribution >= 4 is 27.7 Å². The molecule has 0 bridgehead atoms. The summed E-state index contributed by atoms with van der Waals surface area (Å²) in [6.07, 6.45) is 2.33. The van der Waals surface area contributed by atoms with Gasteiger partial charge in [0.2, 0.25) is 0 Å². The van der Waals surface area contributed by atoms with E-state index in [1.165, 1.54) is 5.56 Å². The zero-order chi connectivity index (χ0) is 18.9. The van der Waals surface area contributed by atoms with Gasteiger partial charge in [-0.15, -0.1) is 0 Å². The first-order valence-electron chi connectivity index (χ1n) is 8.76. The molecule has 0 aliphatic rings. The van der Waals surface area contributed by atoms with Crippen LogP contribution in [-0.4, -0.2) is 38.0 Å². The highest BCUT2D eigenvalue weighted by Crippen LogP contribution is 2.23. The molecule has 1 aromatic carbocycles. The van der Waals surface area contributed by atoms with Gasteiger partial charge in [-0.1, -0.05) is 22.9 Å². The van der Waals surface area contributed by atoms with E-state index in [1.54, 1.807) is 7.11 Å². The van der Waals surface area contributed by atoms with Gasteiger partial charge in [-0.05, 0) is 63.8 Å². The van der Waals surface area contributed by atoms with Crippen molar-refractivity contribution in [1.29, 1.82) is 0 Å². The van der Waals surface area contributed by atoms with Crippen LogP contribution >= 0.6 is 15.9 Å². The van der Waals surface area contributed by atoms with Crippen LogP contribution in [0.25, 0.3) is 0 Å². The van der Waals surface area contributed by atoms with Crippen molar-refractivity contribution in [3.8, 4) is 0 Å². The van der Waals surface area contributed by atoms with Crippen molar-refractivity contribution in [1.82, 2.24) is 5.32 Å². The third-order valence-electron chi connectivity index (χ3n) is 3.57. The number of hydrogen-bond acceptors (Lipinski definition) is 4. The monoisotopic (exact) mass is 414 g/mol. The van der Waals surface area contributed by atoms with Gasteiger partial charge in [-0.2, -0.15) is 0 Å².